The number of aryl methyl sites for hydroxylation is 2. The van der Waals surface area contributed by atoms with Crippen LogP contribution in [-0.4, -0.2) is 69.3 Å². The molecule has 8 nitrogen and oxygen atoms in total. The second-order valence-electron chi connectivity index (χ2n) is 6.91. The number of carbonyl (C=O) groups is 1. The highest BCUT2D eigenvalue weighted by molar-refractivity contribution is 8.00. The van der Waals surface area contributed by atoms with Crippen molar-refractivity contribution in [3.63, 3.8) is 0 Å². The van der Waals surface area contributed by atoms with E-state index in [1.807, 2.05) is 32.0 Å². The predicted molar refractivity (Wildman–Crippen MR) is 104 cm³/mol. The van der Waals surface area contributed by atoms with Crippen LogP contribution in [0.25, 0.3) is 5.69 Å². The summed E-state index contributed by atoms with van der Waals surface area (Å²) in [6.07, 6.45) is 0.488. The molecule has 3 rings (SSSR count). The molecule has 1 aromatic carbocycles. The molecule has 1 saturated heterocycles. The lowest BCUT2D eigenvalue weighted by Crippen LogP contribution is -2.41. The fourth-order valence-corrected chi connectivity index (χ4v) is 5.71. The summed E-state index contributed by atoms with van der Waals surface area (Å²) in [7, 11) is -1.37. The number of hydrogen-bond donors (Lipinski definition) is 0. The van der Waals surface area contributed by atoms with Gasteiger partial charge in [0.15, 0.2) is 9.84 Å². The minimum absolute atomic E-state index is 0.0347. The van der Waals surface area contributed by atoms with Gasteiger partial charge in [-0.2, -0.15) is 4.68 Å². The monoisotopic (exact) mass is 409 g/mol. The minimum atomic E-state index is -3.04. The molecule has 27 heavy (non-hydrogen) atoms. The molecule has 10 heteroatoms. The fraction of sp³-hybridized carbons (Fsp3) is 0.529. The molecule has 0 bridgehead atoms. The first-order chi connectivity index (χ1) is 12.7. The summed E-state index contributed by atoms with van der Waals surface area (Å²) in [6.45, 7) is 5.84. The molecule has 0 unspecified atom stereocenters. The van der Waals surface area contributed by atoms with Crippen molar-refractivity contribution in [2.75, 3.05) is 18.6 Å². The maximum atomic E-state index is 12.7. The average molecular weight is 410 g/mol. The molecule has 0 spiro atoms. The van der Waals surface area contributed by atoms with E-state index in [0.717, 1.165) is 11.3 Å². The number of sulfone groups is 1. The van der Waals surface area contributed by atoms with Crippen molar-refractivity contribution in [2.24, 2.45) is 0 Å². The summed E-state index contributed by atoms with van der Waals surface area (Å²) in [5.41, 5.74) is 3.14. The summed E-state index contributed by atoms with van der Waals surface area (Å²) < 4.78 is 25.0. The Balaban J connectivity index is 1.73. The maximum absolute atomic E-state index is 12.7. The molecular weight excluding hydrogens is 386 g/mol. The summed E-state index contributed by atoms with van der Waals surface area (Å²) in [6, 6.07) is 5.67. The van der Waals surface area contributed by atoms with Gasteiger partial charge in [-0.3, -0.25) is 4.79 Å². The lowest BCUT2D eigenvalue weighted by atomic mass is 10.1. The summed E-state index contributed by atoms with van der Waals surface area (Å²) in [5, 5.41) is 11.9. The van der Waals surface area contributed by atoms with Gasteiger partial charge in [-0.05, 0) is 60.9 Å². The van der Waals surface area contributed by atoms with Crippen LogP contribution in [-0.2, 0) is 14.6 Å². The third kappa shape index (κ3) is 4.32. The third-order valence-electron chi connectivity index (χ3n) is 4.91. The van der Waals surface area contributed by atoms with Crippen LogP contribution in [0.3, 0.4) is 0 Å². The molecular formula is C17H23N5O3S2. The maximum Gasteiger partial charge on any atom is 0.235 e. The van der Waals surface area contributed by atoms with Gasteiger partial charge in [-0.25, -0.2) is 8.42 Å². The van der Waals surface area contributed by atoms with Crippen molar-refractivity contribution in [1.82, 2.24) is 25.1 Å². The van der Waals surface area contributed by atoms with Crippen LogP contribution >= 0.6 is 11.8 Å². The average Bonchev–Trinajstić information content (AvgIpc) is 3.22. The van der Waals surface area contributed by atoms with E-state index in [1.54, 1.807) is 23.6 Å². The van der Waals surface area contributed by atoms with E-state index in [2.05, 4.69) is 15.5 Å². The van der Waals surface area contributed by atoms with Crippen LogP contribution in [0.15, 0.2) is 23.4 Å². The topological polar surface area (TPSA) is 98.1 Å². The SMILES string of the molecule is Cc1ccc(-n2nnnc2S[C@H](C)C(=O)N(C)[C@@H]2CCS(=O)(=O)C2)cc1C. The zero-order chi connectivity index (χ0) is 19.8. The van der Waals surface area contributed by atoms with E-state index in [1.165, 1.54) is 17.3 Å². The van der Waals surface area contributed by atoms with Crippen LogP contribution in [0.4, 0.5) is 0 Å². The number of thioether (sulfide) groups is 1. The number of aromatic nitrogens is 4. The molecule has 2 aromatic rings. The summed E-state index contributed by atoms with van der Waals surface area (Å²) >= 11 is 1.26. The Bertz CT molecular complexity index is 957. The standard InChI is InChI=1S/C17H23N5O3S2/c1-11-5-6-14(9-12(11)2)22-17(18-19-20-22)26-13(3)16(23)21(4)15-7-8-27(24,25)10-15/h5-6,9,13,15H,7-8,10H2,1-4H3/t13-,15-/m1/s1. The van der Waals surface area contributed by atoms with Gasteiger partial charge in [0.05, 0.1) is 22.4 Å². The van der Waals surface area contributed by atoms with Crippen molar-refractivity contribution in [3.05, 3.63) is 29.3 Å². The third-order valence-corrected chi connectivity index (χ3v) is 7.68. The zero-order valence-corrected chi connectivity index (χ0v) is 17.4. The summed E-state index contributed by atoms with van der Waals surface area (Å²) in [4.78, 5) is 14.3. The first-order valence-corrected chi connectivity index (χ1v) is 11.4. The number of carbonyl (C=O) groups excluding carboxylic acids is 1. The molecule has 0 aliphatic carbocycles. The Morgan fingerprint density at radius 1 is 1.33 bits per heavy atom. The molecule has 2 heterocycles. The molecule has 2 atom stereocenters. The Morgan fingerprint density at radius 2 is 2.07 bits per heavy atom. The Hall–Kier alpha value is -1.94. The van der Waals surface area contributed by atoms with Gasteiger partial charge in [0.1, 0.15) is 0 Å². The van der Waals surface area contributed by atoms with Gasteiger partial charge in [-0.1, -0.05) is 17.8 Å². The lowest BCUT2D eigenvalue weighted by molar-refractivity contribution is -0.130. The van der Waals surface area contributed by atoms with Gasteiger partial charge < -0.3 is 4.90 Å². The molecule has 0 radical (unpaired) electrons. The van der Waals surface area contributed by atoms with E-state index in [9.17, 15) is 13.2 Å². The Labute approximate surface area is 163 Å². The molecule has 0 saturated carbocycles. The van der Waals surface area contributed by atoms with Crippen LogP contribution in [0.5, 0.6) is 0 Å². The number of hydrogen-bond acceptors (Lipinski definition) is 7. The second kappa shape index (κ2) is 7.59. The molecule has 1 amide bonds. The summed E-state index contributed by atoms with van der Waals surface area (Å²) in [5.74, 6) is 0.0474. The first-order valence-electron chi connectivity index (χ1n) is 8.68. The highest BCUT2D eigenvalue weighted by Gasteiger charge is 2.34. The predicted octanol–water partition coefficient (Wildman–Crippen LogP) is 1.41. The van der Waals surface area contributed by atoms with Gasteiger partial charge in [0.2, 0.25) is 11.1 Å². The van der Waals surface area contributed by atoms with Crippen molar-refractivity contribution >= 4 is 27.5 Å². The highest BCUT2D eigenvalue weighted by atomic mass is 32.2. The van der Waals surface area contributed by atoms with Crippen molar-refractivity contribution in [2.45, 2.75) is 43.6 Å². The zero-order valence-electron chi connectivity index (χ0n) is 15.8. The van der Waals surface area contributed by atoms with Crippen molar-refractivity contribution in [1.29, 1.82) is 0 Å². The fourth-order valence-electron chi connectivity index (χ4n) is 3.03. The van der Waals surface area contributed by atoms with Crippen LogP contribution in [0.2, 0.25) is 0 Å². The first kappa shape index (κ1) is 19.8. The van der Waals surface area contributed by atoms with Crippen LogP contribution in [0, 0.1) is 13.8 Å². The van der Waals surface area contributed by atoms with E-state index in [0.29, 0.717) is 11.6 Å². The van der Waals surface area contributed by atoms with E-state index < -0.39 is 15.1 Å². The minimum Gasteiger partial charge on any atom is -0.341 e. The van der Waals surface area contributed by atoms with Gasteiger partial charge in [0.25, 0.3) is 0 Å². The number of nitrogens with zero attached hydrogens (tertiary/aromatic N) is 5. The molecule has 1 aliphatic rings. The van der Waals surface area contributed by atoms with Crippen molar-refractivity contribution in [3.8, 4) is 5.69 Å². The molecule has 146 valence electrons. The van der Waals surface area contributed by atoms with E-state index >= 15 is 0 Å². The largest absolute Gasteiger partial charge is 0.341 e. The van der Waals surface area contributed by atoms with Gasteiger partial charge >= 0.3 is 0 Å². The van der Waals surface area contributed by atoms with Crippen molar-refractivity contribution < 1.29 is 13.2 Å². The van der Waals surface area contributed by atoms with Gasteiger partial charge in [0, 0.05) is 13.1 Å². The number of rotatable bonds is 5. The molecule has 1 aromatic heterocycles. The lowest BCUT2D eigenvalue weighted by Gasteiger charge is -2.26. The van der Waals surface area contributed by atoms with E-state index in [4.69, 9.17) is 0 Å². The molecule has 0 N–H and O–H groups in total. The molecule has 1 fully saturated rings. The quantitative estimate of drug-likeness (QED) is 0.689. The van der Waals surface area contributed by atoms with Crippen LogP contribution in [0.1, 0.15) is 24.5 Å². The second-order valence-corrected chi connectivity index (χ2v) is 10.4. The number of benzene rings is 1. The smallest absolute Gasteiger partial charge is 0.235 e. The number of tetrazole rings is 1. The van der Waals surface area contributed by atoms with Crippen LogP contribution < -0.4 is 0 Å². The normalized spacial score (nSPS) is 19.8. The Morgan fingerprint density at radius 3 is 2.70 bits per heavy atom. The van der Waals surface area contributed by atoms with Gasteiger partial charge in [-0.15, -0.1) is 5.10 Å². The molecule has 1 aliphatic heterocycles. The number of amides is 1. The van der Waals surface area contributed by atoms with E-state index in [-0.39, 0.29) is 23.5 Å². The Kier molecular flexibility index (Phi) is 5.57. The highest BCUT2D eigenvalue weighted by Crippen LogP contribution is 2.26.